The van der Waals surface area contributed by atoms with E-state index in [0.717, 1.165) is 0 Å². The predicted molar refractivity (Wildman–Crippen MR) is 56.1 cm³/mol. The van der Waals surface area contributed by atoms with Crippen molar-refractivity contribution >= 4 is 12.4 Å². The number of piperidine rings is 1. The van der Waals surface area contributed by atoms with Crippen LogP contribution in [0.15, 0.2) is 0 Å². The average molecular weight is 247 g/mol. The fourth-order valence-electron chi connectivity index (χ4n) is 1.85. The molecule has 0 amide bonds. The molecule has 2 N–H and O–H groups in total. The fraction of sp³-hybridized carbons (Fsp3) is 1.00. The van der Waals surface area contributed by atoms with Crippen LogP contribution < -0.4 is 5.73 Å². The highest BCUT2D eigenvalue weighted by Gasteiger charge is 2.40. The van der Waals surface area contributed by atoms with E-state index < -0.39 is 12.1 Å². The van der Waals surface area contributed by atoms with Crippen molar-refractivity contribution in [3.05, 3.63) is 0 Å². The number of rotatable bonds is 2. The van der Waals surface area contributed by atoms with Crippen LogP contribution in [0.3, 0.4) is 0 Å². The third-order valence-corrected chi connectivity index (χ3v) is 2.60. The van der Waals surface area contributed by atoms with E-state index in [1.165, 1.54) is 0 Å². The molecule has 1 fully saturated rings. The Balaban J connectivity index is 0.00000196. The Kier molecular flexibility index (Phi) is 5.92. The van der Waals surface area contributed by atoms with Gasteiger partial charge < -0.3 is 10.6 Å². The summed E-state index contributed by atoms with van der Waals surface area (Å²) in [6.45, 7) is 3.61. The number of halogens is 4. The van der Waals surface area contributed by atoms with Crippen molar-refractivity contribution in [1.29, 1.82) is 0 Å². The minimum atomic E-state index is -4.01. The Morgan fingerprint density at radius 1 is 1.33 bits per heavy atom. The van der Waals surface area contributed by atoms with Gasteiger partial charge >= 0.3 is 6.18 Å². The van der Waals surface area contributed by atoms with E-state index in [4.69, 9.17) is 5.73 Å². The number of nitrogens with two attached hydrogens (primary N) is 1. The van der Waals surface area contributed by atoms with Crippen LogP contribution in [-0.2, 0) is 0 Å². The Morgan fingerprint density at radius 3 is 2.13 bits per heavy atom. The number of nitrogens with zero attached hydrogens (tertiary/aromatic N) is 1. The first-order valence-corrected chi connectivity index (χ1v) is 4.94. The molecule has 15 heavy (non-hydrogen) atoms. The minimum Gasteiger partial charge on any atom is -0.327 e. The second-order valence-corrected chi connectivity index (χ2v) is 4.09. The molecule has 1 saturated heterocycles. The van der Waals surface area contributed by atoms with Gasteiger partial charge in [0.15, 0.2) is 0 Å². The van der Waals surface area contributed by atoms with Gasteiger partial charge in [-0.2, -0.15) is 13.2 Å². The topological polar surface area (TPSA) is 29.3 Å². The van der Waals surface area contributed by atoms with Gasteiger partial charge in [-0.05, 0) is 32.9 Å². The number of hydrogen-bond acceptors (Lipinski definition) is 2. The molecule has 1 rings (SSSR count). The highest BCUT2D eigenvalue weighted by Crippen LogP contribution is 2.33. The van der Waals surface area contributed by atoms with Crippen LogP contribution in [-0.4, -0.2) is 36.8 Å². The molecule has 1 heterocycles. The van der Waals surface area contributed by atoms with Gasteiger partial charge in [0.1, 0.15) is 0 Å². The van der Waals surface area contributed by atoms with E-state index in [-0.39, 0.29) is 31.3 Å². The Morgan fingerprint density at radius 2 is 1.80 bits per heavy atom. The summed E-state index contributed by atoms with van der Waals surface area (Å²) in [7, 11) is 0. The smallest absolute Gasteiger partial charge is 0.327 e. The third-order valence-electron chi connectivity index (χ3n) is 2.60. The molecule has 0 aromatic carbocycles. The monoisotopic (exact) mass is 246 g/mol. The largest absolute Gasteiger partial charge is 0.391 e. The molecule has 1 aliphatic rings. The molecule has 0 radical (unpaired) electrons. The number of alkyl halides is 3. The fourth-order valence-corrected chi connectivity index (χ4v) is 1.85. The summed E-state index contributed by atoms with van der Waals surface area (Å²) in [6.07, 6.45) is -3.58. The van der Waals surface area contributed by atoms with Crippen molar-refractivity contribution in [3.63, 3.8) is 0 Å². The summed E-state index contributed by atoms with van der Waals surface area (Å²) >= 11 is 0. The van der Waals surface area contributed by atoms with Crippen LogP contribution in [0.25, 0.3) is 0 Å². The molecule has 0 bridgehead atoms. The number of hydrogen-bond donors (Lipinski definition) is 1. The Bertz CT molecular complexity index is 177. The van der Waals surface area contributed by atoms with Crippen molar-refractivity contribution < 1.29 is 13.2 Å². The van der Waals surface area contributed by atoms with E-state index in [2.05, 4.69) is 0 Å². The molecular weight excluding hydrogens is 229 g/mol. The lowest BCUT2D eigenvalue weighted by Crippen LogP contribution is -2.43. The zero-order valence-corrected chi connectivity index (χ0v) is 9.57. The van der Waals surface area contributed by atoms with Gasteiger partial charge in [0.2, 0.25) is 0 Å². The molecule has 1 unspecified atom stereocenters. The quantitative estimate of drug-likeness (QED) is 0.808. The second-order valence-electron chi connectivity index (χ2n) is 4.09. The van der Waals surface area contributed by atoms with Crippen LogP contribution in [0, 0.1) is 5.92 Å². The SMILES string of the molecule is CC(N)CN1CCC(C(F)(F)F)CC1.Cl. The first-order chi connectivity index (χ1) is 6.39. The molecule has 1 aliphatic heterocycles. The lowest BCUT2D eigenvalue weighted by molar-refractivity contribution is -0.185. The predicted octanol–water partition coefficient (Wildman–Crippen LogP) is 2.03. The maximum atomic E-state index is 12.3. The summed E-state index contributed by atoms with van der Waals surface area (Å²) in [5.41, 5.74) is 5.58. The van der Waals surface area contributed by atoms with E-state index >= 15 is 0 Å². The van der Waals surface area contributed by atoms with E-state index in [9.17, 15) is 13.2 Å². The lowest BCUT2D eigenvalue weighted by Gasteiger charge is -2.33. The van der Waals surface area contributed by atoms with Crippen molar-refractivity contribution in [3.8, 4) is 0 Å². The van der Waals surface area contributed by atoms with Gasteiger partial charge in [0.25, 0.3) is 0 Å². The molecule has 0 aliphatic carbocycles. The van der Waals surface area contributed by atoms with Crippen LogP contribution in [0.5, 0.6) is 0 Å². The molecule has 92 valence electrons. The van der Waals surface area contributed by atoms with Crippen molar-refractivity contribution in [2.45, 2.75) is 32.0 Å². The highest BCUT2D eigenvalue weighted by atomic mass is 35.5. The third kappa shape index (κ3) is 5.04. The van der Waals surface area contributed by atoms with Gasteiger partial charge in [-0.15, -0.1) is 12.4 Å². The van der Waals surface area contributed by atoms with E-state index in [0.29, 0.717) is 19.6 Å². The van der Waals surface area contributed by atoms with E-state index in [1.807, 2.05) is 11.8 Å². The van der Waals surface area contributed by atoms with Gasteiger partial charge in [-0.3, -0.25) is 0 Å². The molecule has 1 atom stereocenters. The summed E-state index contributed by atoms with van der Waals surface area (Å²) in [4.78, 5) is 2.01. The summed E-state index contributed by atoms with van der Waals surface area (Å²) in [5, 5.41) is 0. The highest BCUT2D eigenvalue weighted by molar-refractivity contribution is 5.85. The van der Waals surface area contributed by atoms with Crippen molar-refractivity contribution in [2.24, 2.45) is 11.7 Å². The van der Waals surface area contributed by atoms with Crippen molar-refractivity contribution in [2.75, 3.05) is 19.6 Å². The first kappa shape index (κ1) is 15.0. The van der Waals surface area contributed by atoms with Gasteiger partial charge in [-0.1, -0.05) is 0 Å². The molecule has 6 heteroatoms. The van der Waals surface area contributed by atoms with Crippen LogP contribution in [0.2, 0.25) is 0 Å². The van der Waals surface area contributed by atoms with Crippen LogP contribution in [0.1, 0.15) is 19.8 Å². The normalized spacial score (nSPS) is 22.2. The van der Waals surface area contributed by atoms with Crippen LogP contribution in [0.4, 0.5) is 13.2 Å². The summed E-state index contributed by atoms with van der Waals surface area (Å²) < 4.78 is 36.9. The first-order valence-electron chi connectivity index (χ1n) is 4.94. The van der Waals surface area contributed by atoms with Crippen molar-refractivity contribution in [1.82, 2.24) is 4.90 Å². The zero-order chi connectivity index (χ0) is 10.8. The van der Waals surface area contributed by atoms with Gasteiger partial charge in [0.05, 0.1) is 5.92 Å². The molecule has 0 aromatic rings. The van der Waals surface area contributed by atoms with Crippen LogP contribution >= 0.6 is 12.4 Å². The molecule has 0 spiro atoms. The minimum absolute atomic E-state index is 0. The average Bonchev–Trinajstić information content (AvgIpc) is 2.02. The van der Waals surface area contributed by atoms with Gasteiger partial charge in [-0.25, -0.2) is 0 Å². The molecule has 2 nitrogen and oxygen atoms in total. The lowest BCUT2D eigenvalue weighted by atomic mass is 9.96. The van der Waals surface area contributed by atoms with E-state index in [1.54, 1.807) is 0 Å². The molecular formula is C9H18ClF3N2. The maximum Gasteiger partial charge on any atom is 0.391 e. The Labute approximate surface area is 94.4 Å². The summed E-state index contributed by atoms with van der Waals surface area (Å²) in [5.74, 6) is -1.10. The molecule has 0 saturated carbocycles. The summed E-state index contributed by atoms with van der Waals surface area (Å²) in [6, 6.07) is 0.0393. The maximum absolute atomic E-state index is 12.3. The standard InChI is InChI=1S/C9H17F3N2.ClH/c1-7(13)6-14-4-2-8(3-5-14)9(10,11)12;/h7-8H,2-6,13H2,1H3;1H. The van der Waals surface area contributed by atoms with Gasteiger partial charge in [0, 0.05) is 12.6 Å². The Hall–Kier alpha value is -0.0000000000000000555. The second kappa shape index (κ2) is 5.92. The zero-order valence-electron chi connectivity index (χ0n) is 8.76. The number of likely N-dealkylation sites (tertiary alicyclic amines) is 1. The molecule has 0 aromatic heterocycles.